The van der Waals surface area contributed by atoms with Gasteiger partial charge in [0, 0.05) is 34.9 Å². The van der Waals surface area contributed by atoms with E-state index in [1.54, 1.807) is 30.1 Å². The first-order valence-electron chi connectivity index (χ1n) is 7.19. The largest absolute Gasteiger partial charge is 0.389 e. The average molecular weight is 388 g/mol. The molecule has 0 aliphatic heterocycles. The standard InChI is InChI=1S/C17H17Cl3N2O2/c1-22(12-5-2-10(18)3-6-12)9-15(23)16(21)17(24)13-7-4-11(19)8-14(13)20/h2-8,15-16,23H,9,21H2,1H3. The van der Waals surface area contributed by atoms with Gasteiger partial charge in [-0.25, -0.2) is 0 Å². The maximum absolute atomic E-state index is 12.4. The number of hydrogen-bond donors (Lipinski definition) is 2. The molecule has 0 amide bonds. The Morgan fingerprint density at radius 3 is 2.29 bits per heavy atom. The van der Waals surface area contributed by atoms with Crippen molar-refractivity contribution < 1.29 is 9.90 Å². The fraction of sp³-hybridized carbons (Fsp3) is 0.235. The first kappa shape index (κ1) is 19.0. The van der Waals surface area contributed by atoms with Gasteiger partial charge in [0.15, 0.2) is 5.78 Å². The van der Waals surface area contributed by atoms with Crippen LogP contribution in [0.4, 0.5) is 5.69 Å². The Bertz CT molecular complexity index is 722. The van der Waals surface area contributed by atoms with Crippen LogP contribution in [0, 0.1) is 0 Å². The topological polar surface area (TPSA) is 66.6 Å². The van der Waals surface area contributed by atoms with Gasteiger partial charge < -0.3 is 15.7 Å². The van der Waals surface area contributed by atoms with Gasteiger partial charge in [0.2, 0.25) is 0 Å². The number of likely N-dealkylation sites (N-methyl/N-ethyl adjacent to an activating group) is 1. The molecule has 0 radical (unpaired) electrons. The summed E-state index contributed by atoms with van der Waals surface area (Å²) in [5.74, 6) is -0.436. The van der Waals surface area contributed by atoms with E-state index in [9.17, 15) is 9.90 Å². The van der Waals surface area contributed by atoms with E-state index in [0.717, 1.165) is 5.69 Å². The molecule has 0 bridgehead atoms. The average Bonchev–Trinajstić information content (AvgIpc) is 2.54. The highest BCUT2D eigenvalue weighted by Crippen LogP contribution is 2.23. The molecule has 0 aliphatic rings. The van der Waals surface area contributed by atoms with Crippen LogP contribution in [0.15, 0.2) is 42.5 Å². The van der Waals surface area contributed by atoms with E-state index in [4.69, 9.17) is 40.5 Å². The maximum atomic E-state index is 12.4. The van der Waals surface area contributed by atoms with Crippen LogP contribution in [0.3, 0.4) is 0 Å². The third kappa shape index (κ3) is 4.62. The molecule has 3 N–H and O–H groups in total. The highest BCUT2D eigenvalue weighted by Gasteiger charge is 2.26. The Balaban J connectivity index is 2.06. The minimum atomic E-state index is -1.10. The molecule has 128 valence electrons. The molecular formula is C17H17Cl3N2O2. The first-order valence-corrected chi connectivity index (χ1v) is 8.32. The molecule has 0 heterocycles. The number of carbonyl (C=O) groups excluding carboxylic acids is 1. The van der Waals surface area contributed by atoms with Crippen molar-refractivity contribution in [3.05, 3.63) is 63.1 Å². The second-order valence-electron chi connectivity index (χ2n) is 5.44. The zero-order chi connectivity index (χ0) is 17.9. The number of nitrogens with two attached hydrogens (primary N) is 1. The Kier molecular flexibility index (Phi) is 6.49. The van der Waals surface area contributed by atoms with Gasteiger partial charge in [0.05, 0.1) is 17.2 Å². The van der Waals surface area contributed by atoms with E-state index < -0.39 is 17.9 Å². The third-order valence-corrected chi connectivity index (χ3v) is 4.44. The SMILES string of the molecule is CN(CC(O)C(N)C(=O)c1ccc(Cl)cc1Cl)c1ccc(Cl)cc1. The van der Waals surface area contributed by atoms with Crippen molar-refractivity contribution >= 4 is 46.3 Å². The van der Waals surface area contributed by atoms with E-state index >= 15 is 0 Å². The summed E-state index contributed by atoms with van der Waals surface area (Å²) >= 11 is 17.7. The number of halogens is 3. The summed E-state index contributed by atoms with van der Waals surface area (Å²) in [6.45, 7) is 0.180. The van der Waals surface area contributed by atoms with Crippen LogP contribution in [-0.4, -0.2) is 36.6 Å². The Morgan fingerprint density at radius 1 is 1.12 bits per heavy atom. The molecule has 7 heteroatoms. The third-order valence-electron chi connectivity index (χ3n) is 3.64. The molecule has 2 aromatic carbocycles. The Labute approximate surface area is 155 Å². The number of carbonyl (C=O) groups is 1. The number of aliphatic hydroxyl groups excluding tert-OH is 1. The van der Waals surface area contributed by atoms with Gasteiger partial charge in [0.25, 0.3) is 0 Å². The predicted octanol–water partition coefficient (Wildman–Crippen LogP) is 3.65. The van der Waals surface area contributed by atoms with Crippen LogP contribution in [0.1, 0.15) is 10.4 Å². The maximum Gasteiger partial charge on any atom is 0.183 e. The number of nitrogens with zero attached hydrogens (tertiary/aromatic N) is 1. The number of ketones is 1. The molecule has 0 aliphatic carbocycles. The van der Waals surface area contributed by atoms with Crippen LogP contribution >= 0.6 is 34.8 Å². The van der Waals surface area contributed by atoms with Crippen LogP contribution in [0.25, 0.3) is 0 Å². The van der Waals surface area contributed by atoms with Crippen LogP contribution in [0.2, 0.25) is 15.1 Å². The van der Waals surface area contributed by atoms with Gasteiger partial charge in [-0.2, -0.15) is 0 Å². The van der Waals surface area contributed by atoms with E-state index in [1.807, 2.05) is 12.1 Å². The highest BCUT2D eigenvalue weighted by atomic mass is 35.5. The van der Waals surface area contributed by atoms with Gasteiger partial charge in [-0.1, -0.05) is 34.8 Å². The molecule has 2 rings (SSSR count). The molecule has 2 aromatic rings. The van der Waals surface area contributed by atoms with Gasteiger partial charge in [-0.3, -0.25) is 4.79 Å². The number of aliphatic hydroxyl groups is 1. The van der Waals surface area contributed by atoms with Crippen molar-refractivity contribution in [3.63, 3.8) is 0 Å². The molecule has 24 heavy (non-hydrogen) atoms. The van der Waals surface area contributed by atoms with Gasteiger partial charge >= 0.3 is 0 Å². The summed E-state index contributed by atoms with van der Waals surface area (Å²) in [7, 11) is 1.79. The summed E-state index contributed by atoms with van der Waals surface area (Å²) in [5.41, 5.74) is 7.00. The predicted molar refractivity (Wildman–Crippen MR) is 99.5 cm³/mol. The lowest BCUT2D eigenvalue weighted by molar-refractivity contribution is 0.0830. The lowest BCUT2D eigenvalue weighted by Gasteiger charge is -2.26. The van der Waals surface area contributed by atoms with E-state index in [0.29, 0.717) is 10.0 Å². The minimum absolute atomic E-state index is 0.180. The van der Waals surface area contributed by atoms with Crippen molar-refractivity contribution in [1.82, 2.24) is 0 Å². The van der Waals surface area contributed by atoms with Gasteiger partial charge in [-0.15, -0.1) is 0 Å². The van der Waals surface area contributed by atoms with Crippen molar-refractivity contribution in [2.24, 2.45) is 5.73 Å². The summed E-state index contributed by atoms with van der Waals surface area (Å²) in [5, 5.41) is 11.6. The smallest absolute Gasteiger partial charge is 0.183 e. The summed E-state index contributed by atoms with van der Waals surface area (Å²) in [4.78, 5) is 14.2. The summed E-state index contributed by atoms with van der Waals surface area (Å²) < 4.78 is 0. The summed E-state index contributed by atoms with van der Waals surface area (Å²) in [6.07, 6.45) is -1.06. The number of anilines is 1. The monoisotopic (exact) mass is 386 g/mol. The van der Waals surface area contributed by atoms with Gasteiger partial charge in [0.1, 0.15) is 0 Å². The quantitative estimate of drug-likeness (QED) is 0.742. The van der Waals surface area contributed by atoms with Crippen LogP contribution in [-0.2, 0) is 0 Å². The molecule has 4 nitrogen and oxygen atoms in total. The zero-order valence-corrected chi connectivity index (χ0v) is 15.2. The van der Waals surface area contributed by atoms with Crippen LogP contribution < -0.4 is 10.6 Å². The molecule has 0 spiro atoms. The number of Topliss-reactive ketones (excluding diaryl/α,β-unsaturated/α-hetero) is 1. The van der Waals surface area contributed by atoms with Crippen molar-refractivity contribution in [2.75, 3.05) is 18.5 Å². The molecule has 2 unspecified atom stereocenters. The van der Waals surface area contributed by atoms with Gasteiger partial charge in [-0.05, 0) is 42.5 Å². The normalized spacial score (nSPS) is 13.4. The van der Waals surface area contributed by atoms with Crippen molar-refractivity contribution in [3.8, 4) is 0 Å². The minimum Gasteiger partial charge on any atom is -0.389 e. The number of benzene rings is 2. The number of rotatable bonds is 6. The second-order valence-corrected chi connectivity index (χ2v) is 6.72. The molecular weight excluding hydrogens is 371 g/mol. The van der Waals surface area contributed by atoms with E-state index in [-0.39, 0.29) is 17.1 Å². The highest BCUT2D eigenvalue weighted by molar-refractivity contribution is 6.37. The number of hydrogen-bond acceptors (Lipinski definition) is 4. The fourth-order valence-corrected chi connectivity index (χ4v) is 2.87. The lowest BCUT2D eigenvalue weighted by atomic mass is 10.00. The van der Waals surface area contributed by atoms with Crippen molar-refractivity contribution in [1.29, 1.82) is 0 Å². The Morgan fingerprint density at radius 2 is 1.71 bits per heavy atom. The summed E-state index contributed by atoms with van der Waals surface area (Å²) in [6, 6.07) is 10.6. The molecule has 0 fully saturated rings. The molecule has 0 saturated carbocycles. The van der Waals surface area contributed by atoms with Crippen LogP contribution in [0.5, 0.6) is 0 Å². The molecule has 2 atom stereocenters. The first-order chi connectivity index (χ1) is 11.3. The zero-order valence-electron chi connectivity index (χ0n) is 12.9. The van der Waals surface area contributed by atoms with E-state index in [2.05, 4.69) is 0 Å². The second kappa shape index (κ2) is 8.19. The lowest BCUT2D eigenvalue weighted by Crippen LogP contribution is -2.47. The fourth-order valence-electron chi connectivity index (χ4n) is 2.24. The van der Waals surface area contributed by atoms with E-state index in [1.165, 1.54) is 12.1 Å². The van der Waals surface area contributed by atoms with Crippen molar-refractivity contribution in [2.45, 2.75) is 12.1 Å². The Hall–Kier alpha value is -1.30. The molecule has 0 saturated heterocycles. The molecule has 0 aromatic heterocycles.